The quantitative estimate of drug-likeness (QED) is 0.787. The van der Waals surface area contributed by atoms with Gasteiger partial charge < -0.3 is 15.0 Å². The fourth-order valence-corrected chi connectivity index (χ4v) is 1.82. The molecule has 3 nitrogen and oxygen atoms in total. The van der Waals surface area contributed by atoms with Crippen molar-refractivity contribution in [2.75, 3.05) is 38.8 Å². The molecule has 1 atom stereocenters. The van der Waals surface area contributed by atoms with Gasteiger partial charge in [-0.05, 0) is 24.7 Å². The Morgan fingerprint density at radius 1 is 1.47 bits per heavy atom. The maximum atomic E-state index is 13.1. The minimum absolute atomic E-state index is 0.207. The second kappa shape index (κ2) is 7.25. The standard InChI is InChI=1S/C13H21FN2O/c1-4-15-12(10-17-3)9-16(2)13-7-5-6-11(14)8-13/h5-8,12,15H,4,9-10H2,1-3H3. The number of hydrogen-bond donors (Lipinski definition) is 1. The first kappa shape index (κ1) is 13.9. The maximum Gasteiger partial charge on any atom is 0.125 e. The predicted octanol–water partition coefficient (Wildman–Crippen LogP) is 1.89. The van der Waals surface area contributed by atoms with Crippen molar-refractivity contribution in [1.82, 2.24) is 5.32 Å². The van der Waals surface area contributed by atoms with E-state index in [2.05, 4.69) is 12.2 Å². The van der Waals surface area contributed by atoms with Gasteiger partial charge in [0.15, 0.2) is 0 Å². The maximum absolute atomic E-state index is 13.1. The number of methoxy groups -OCH3 is 1. The third kappa shape index (κ3) is 4.71. The average Bonchev–Trinajstić information content (AvgIpc) is 2.29. The Kier molecular flexibility index (Phi) is 5.94. The van der Waals surface area contributed by atoms with Gasteiger partial charge in [-0.3, -0.25) is 0 Å². The number of hydrogen-bond acceptors (Lipinski definition) is 3. The molecule has 0 fully saturated rings. The zero-order valence-electron chi connectivity index (χ0n) is 10.7. The molecule has 0 saturated heterocycles. The Balaban J connectivity index is 2.59. The van der Waals surface area contributed by atoms with E-state index >= 15 is 0 Å². The molecule has 17 heavy (non-hydrogen) atoms. The van der Waals surface area contributed by atoms with E-state index in [0.717, 1.165) is 18.8 Å². The highest BCUT2D eigenvalue weighted by Crippen LogP contribution is 2.13. The van der Waals surface area contributed by atoms with Crippen molar-refractivity contribution < 1.29 is 9.13 Å². The lowest BCUT2D eigenvalue weighted by atomic mass is 10.2. The van der Waals surface area contributed by atoms with Gasteiger partial charge in [-0.15, -0.1) is 0 Å². The van der Waals surface area contributed by atoms with Crippen LogP contribution in [0.3, 0.4) is 0 Å². The van der Waals surface area contributed by atoms with Crippen LogP contribution in [0.2, 0.25) is 0 Å². The van der Waals surface area contributed by atoms with Crippen molar-refractivity contribution in [3.63, 3.8) is 0 Å². The average molecular weight is 240 g/mol. The van der Waals surface area contributed by atoms with E-state index in [9.17, 15) is 4.39 Å². The van der Waals surface area contributed by atoms with Crippen LogP contribution in [0.25, 0.3) is 0 Å². The molecule has 4 heteroatoms. The van der Waals surface area contributed by atoms with E-state index in [1.807, 2.05) is 18.0 Å². The molecule has 0 heterocycles. The van der Waals surface area contributed by atoms with Gasteiger partial charge in [-0.1, -0.05) is 13.0 Å². The van der Waals surface area contributed by atoms with Crippen molar-refractivity contribution >= 4 is 5.69 Å². The Morgan fingerprint density at radius 2 is 2.24 bits per heavy atom. The van der Waals surface area contributed by atoms with Gasteiger partial charge in [0.25, 0.3) is 0 Å². The molecule has 0 amide bonds. The summed E-state index contributed by atoms with van der Waals surface area (Å²) in [7, 11) is 3.64. The smallest absolute Gasteiger partial charge is 0.125 e. The molecule has 0 radical (unpaired) electrons. The third-order valence-corrected chi connectivity index (χ3v) is 2.60. The van der Waals surface area contributed by atoms with Crippen LogP contribution in [0, 0.1) is 5.82 Å². The summed E-state index contributed by atoms with van der Waals surface area (Å²) in [5.41, 5.74) is 0.879. The molecule has 96 valence electrons. The molecule has 1 aromatic carbocycles. The highest BCUT2D eigenvalue weighted by molar-refractivity contribution is 5.45. The summed E-state index contributed by atoms with van der Waals surface area (Å²) in [5, 5.41) is 3.34. The number of halogens is 1. The number of rotatable bonds is 7. The normalized spacial score (nSPS) is 12.5. The van der Waals surface area contributed by atoms with E-state index in [4.69, 9.17) is 4.74 Å². The van der Waals surface area contributed by atoms with Crippen molar-refractivity contribution in [2.45, 2.75) is 13.0 Å². The molecule has 0 aliphatic rings. The molecule has 1 N–H and O–H groups in total. The summed E-state index contributed by atoms with van der Waals surface area (Å²) in [4.78, 5) is 2.02. The topological polar surface area (TPSA) is 24.5 Å². The molecule has 0 aliphatic carbocycles. The molecular formula is C13H21FN2O. The van der Waals surface area contributed by atoms with Gasteiger partial charge in [0.1, 0.15) is 5.82 Å². The first-order valence-corrected chi connectivity index (χ1v) is 5.86. The number of anilines is 1. The van der Waals surface area contributed by atoms with Crippen LogP contribution in [0.1, 0.15) is 6.92 Å². The van der Waals surface area contributed by atoms with Crippen molar-refractivity contribution in [3.8, 4) is 0 Å². The summed E-state index contributed by atoms with van der Waals surface area (Å²) in [6, 6.07) is 6.86. The van der Waals surface area contributed by atoms with E-state index < -0.39 is 0 Å². The molecule has 1 rings (SSSR count). The second-order valence-electron chi connectivity index (χ2n) is 4.07. The molecular weight excluding hydrogens is 219 g/mol. The van der Waals surface area contributed by atoms with Crippen LogP contribution >= 0.6 is 0 Å². The van der Waals surface area contributed by atoms with Crippen LogP contribution in [-0.4, -0.2) is 39.9 Å². The second-order valence-corrected chi connectivity index (χ2v) is 4.07. The summed E-state index contributed by atoms with van der Waals surface area (Å²) < 4.78 is 18.2. The fraction of sp³-hybridized carbons (Fsp3) is 0.538. The summed E-state index contributed by atoms with van der Waals surface area (Å²) in [6.07, 6.45) is 0. The molecule has 0 aliphatic heterocycles. The van der Waals surface area contributed by atoms with E-state index in [1.165, 1.54) is 12.1 Å². The lowest BCUT2D eigenvalue weighted by molar-refractivity contribution is 0.169. The van der Waals surface area contributed by atoms with Crippen molar-refractivity contribution in [3.05, 3.63) is 30.1 Å². The first-order valence-electron chi connectivity index (χ1n) is 5.86. The highest BCUT2D eigenvalue weighted by Gasteiger charge is 2.11. The first-order chi connectivity index (χ1) is 8.17. The lowest BCUT2D eigenvalue weighted by Crippen LogP contribution is -2.42. The third-order valence-electron chi connectivity index (χ3n) is 2.60. The van der Waals surface area contributed by atoms with Crippen molar-refractivity contribution in [2.24, 2.45) is 0 Å². The summed E-state index contributed by atoms with van der Waals surface area (Å²) >= 11 is 0. The molecule has 0 spiro atoms. The van der Waals surface area contributed by atoms with Gasteiger partial charge in [-0.25, -0.2) is 4.39 Å². The highest BCUT2D eigenvalue weighted by atomic mass is 19.1. The number of nitrogens with zero attached hydrogens (tertiary/aromatic N) is 1. The fourth-order valence-electron chi connectivity index (χ4n) is 1.82. The predicted molar refractivity (Wildman–Crippen MR) is 69.0 cm³/mol. The van der Waals surface area contributed by atoms with Crippen LogP contribution in [0.5, 0.6) is 0 Å². The Bertz CT molecular complexity index is 327. The number of nitrogens with one attached hydrogen (secondary N) is 1. The Morgan fingerprint density at radius 3 is 2.82 bits per heavy atom. The van der Waals surface area contributed by atoms with Crippen LogP contribution in [-0.2, 0) is 4.74 Å². The number of benzene rings is 1. The molecule has 1 aromatic rings. The summed E-state index contributed by atoms with van der Waals surface area (Å²) in [5.74, 6) is -0.207. The number of likely N-dealkylation sites (N-methyl/N-ethyl adjacent to an activating group) is 2. The monoisotopic (exact) mass is 240 g/mol. The van der Waals surface area contributed by atoms with Crippen LogP contribution in [0.15, 0.2) is 24.3 Å². The van der Waals surface area contributed by atoms with E-state index in [0.29, 0.717) is 6.61 Å². The molecule has 1 unspecified atom stereocenters. The van der Waals surface area contributed by atoms with Crippen molar-refractivity contribution in [1.29, 1.82) is 0 Å². The SMILES string of the molecule is CCNC(COC)CN(C)c1cccc(F)c1. The van der Waals surface area contributed by atoms with Gasteiger partial charge in [-0.2, -0.15) is 0 Å². The summed E-state index contributed by atoms with van der Waals surface area (Å²) in [6.45, 7) is 4.38. The van der Waals surface area contributed by atoms with Gasteiger partial charge in [0.05, 0.1) is 6.61 Å². The van der Waals surface area contributed by atoms with E-state index in [-0.39, 0.29) is 11.9 Å². The Hall–Kier alpha value is -1.13. The molecule has 0 aromatic heterocycles. The zero-order valence-corrected chi connectivity index (χ0v) is 10.7. The minimum atomic E-state index is -0.207. The largest absolute Gasteiger partial charge is 0.383 e. The Labute approximate surface area is 103 Å². The zero-order chi connectivity index (χ0) is 12.7. The molecule has 0 saturated carbocycles. The van der Waals surface area contributed by atoms with E-state index in [1.54, 1.807) is 13.2 Å². The number of ether oxygens (including phenoxy) is 1. The van der Waals surface area contributed by atoms with Gasteiger partial charge in [0.2, 0.25) is 0 Å². The van der Waals surface area contributed by atoms with Gasteiger partial charge >= 0.3 is 0 Å². The van der Waals surface area contributed by atoms with Crippen LogP contribution < -0.4 is 10.2 Å². The minimum Gasteiger partial charge on any atom is -0.383 e. The van der Waals surface area contributed by atoms with Crippen LogP contribution in [0.4, 0.5) is 10.1 Å². The lowest BCUT2D eigenvalue weighted by Gasteiger charge is -2.26. The molecule has 0 bridgehead atoms. The van der Waals surface area contributed by atoms with Gasteiger partial charge in [0, 0.05) is 32.4 Å².